The van der Waals surface area contributed by atoms with Crippen LogP contribution in [0.4, 0.5) is 0 Å². The highest BCUT2D eigenvalue weighted by Crippen LogP contribution is 2.22. The van der Waals surface area contributed by atoms with Crippen LogP contribution in [0.1, 0.15) is 25.3 Å². The summed E-state index contributed by atoms with van der Waals surface area (Å²) in [5, 5.41) is 0. The molecule has 1 unspecified atom stereocenters. The summed E-state index contributed by atoms with van der Waals surface area (Å²) in [5.41, 5.74) is 2.58. The number of benzene rings is 1. The van der Waals surface area contributed by atoms with Crippen LogP contribution in [0, 0.1) is 0 Å². The average Bonchev–Trinajstić information content (AvgIpc) is 2.96. The number of likely N-dealkylation sites (N-methyl/N-ethyl adjacent to an activating group) is 1. The lowest BCUT2D eigenvalue weighted by molar-refractivity contribution is -0.134. The summed E-state index contributed by atoms with van der Waals surface area (Å²) in [7, 11) is -2.97. The molecule has 1 amide bonds. The van der Waals surface area contributed by atoms with Crippen LogP contribution >= 0.6 is 0 Å². The van der Waals surface area contributed by atoms with Crippen molar-refractivity contribution in [3.05, 3.63) is 42.0 Å². The van der Waals surface area contributed by atoms with Gasteiger partial charge in [-0.3, -0.25) is 9.69 Å². The van der Waals surface area contributed by atoms with E-state index in [9.17, 15) is 13.2 Å². The normalized spacial score (nSPS) is 23.2. The van der Waals surface area contributed by atoms with Gasteiger partial charge in [0.15, 0.2) is 9.84 Å². The van der Waals surface area contributed by atoms with Crippen molar-refractivity contribution in [2.75, 3.05) is 37.7 Å². The summed E-state index contributed by atoms with van der Waals surface area (Å²) >= 11 is 0. The first-order chi connectivity index (χ1) is 12.0. The Bertz CT molecular complexity index is 743. The molecule has 1 saturated heterocycles. The van der Waals surface area contributed by atoms with Crippen molar-refractivity contribution >= 4 is 21.3 Å². The van der Waals surface area contributed by atoms with Crippen molar-refractivity contribution in [1.29, 1.82) is 0 Å². The molecule has 0 aliphatic carbocycles. The number of carbonyl (C=O) groups excluding carboxylic acids is 1. The first-order valence-corrected chi connectivity index (χ1v) is 10.8. The highest BCUT2D eigenvalue weighted by atomic mass is 32.2. The van der Waals surface area contributed by atoms with E-state index >= 15 is 0 Å². The molecule has 2 heterocycles. The van der Waals surface area contributed by atoms with Gasteiger partial charge >= 0.3 is 0 Å². The number of rotatable bonds is 5. The monoisotopic (exact) mass is 362 g/mol. The van der Waals surface area contributed by atoms with Gasteiger partial charge in [-0.2, -0.15) is 0 Å². The van der Waals surface area contributed by atoms with Gasteiger partial charge in [-0.15, -0.1) is 0 Å². The summed E-state index contributed by atoms with van der Waals surface area (Å²) < 4.78 is 23.4. The number of hydrogen-bond donors (Lipinski definition) is 0. The van der Waals surface area contributed by atoms with E-state index in [0.29, 0.717) is 19.5 Å². The lowest BCUT2D eigenvalue weighted by atomic mass is 9.99. The molecule has 0 radical (unpaired) electrons. The maximum atomic E-state index is 12.7. The molecule has 2 aliphatic heterocycles. The molecule has 3 rings (SSSR count). The van der Waals surface area contributed by atoms with Crippen LogP contribution in [-0.2, 0) is 14.6 Å². The Hall–Kier alpha value is -1.66. The Morgan fingerprint density at radius 2 is 2.04 bits per heavy atom. The van der Waals surface area contributed by atoms with Gasteiger partial charge in [0.05, 0.1) is 18.1 Å². The second-order valence-electron chi connectivity index (χ2n) is 6.82. The maximum absolute atomic E-state index is 12.7. The molecular weight excluding hydrogens is 336 g/mol. The number of carbonyl (C=O) groups is 1. The summed E-state index contributed by atoms with van der Waals surface area (Å²) in [5.74, 6) is 0.361. The van der Waals surface area contributed by atoms with Crippen LogP contribution < -0.4 is 0 Å². The largest absolute Gasteiger partial charge is 0.338 e. The third-order valence-corrected chi connectivity index (χ3v) is 6.86. The van der Waals surface area contributed by atoms with Crippen molar-refractivity contribution in [1.82, 2.24) is 9.80 Å². The minimum atomic E-state index is -2.97. The molecule has 6 heteroatoms. The van der Waals surface area contributed by atoms with Crippen LogP contribution in [0.25, 0.3) is 5.57 Å². The van der Waals surface area contributed by atoms with Crippen LogP contribution in [0.3, 0.4) is 0 Å². The fourth-order valence-corrected chi connectivity index (χ4v) is 5.44. The third-order valence-electron chi connectivity index (χ3n) is 5.11. The van der Waals surface area contributed by atoms with E-state index in [1.54, 1.807) is 4.90 Å². The van der Waals surface area contributed by atoms with Crippen molar-refractivity contribution in [3.63, 3.8) is 0 Å². The topological polar surface area (TPSA) is 57.7 Å². The quantitative estimate of drug-likeness (QED) is 0.802. The lowest BCUT2D eigenvalue weighted by Gasteiger charge is -2.31. The van der Waals surface area contributed by atoms with E-state index in [-0.39, 0.29) is 23.5 Å². The molecular formula is C19H26N2O3S. The lowest BCUT2D eigenvalue weighted by Crippen LogP contribution is -2.46. The Balaban J connectivity index is 1.57. The van der Waals surface area contributed by atoms with E-state index in [1.165, 1.54) is 11.1 Å². The van der Waals surface area contributed by atoms with Crippen LogP contribution in [0.5, 0.6) is 0 Å². The number of amides is 1. The average molecular weight is 362 g/mol. The number of sulfone groups is 1. The SMILES string of the molecule is CCN(C(=O)CN1CC=C(c2ccccc2)CC1)C1CCS(=O)(=O)C1. The molecule has 1 atom stereocenters. The molecule has 136 valence electrons. The first-order valence-electron chi connectivity index (χ1n) is 8.95. The molecule has 5 nitrogen and oxygen atoms in total. The van der Waals surface area contributed by atoms with Crippen molar-refractivity contribution in [2.24, 2.45) is 0 Å². The van der Waals surface area contributed by atoms with E-state index < -0.39 is 9.84 Å². The standard InChI is InChI=1S/C19H26N2O3S/c1-2-21(18-10-13-25(23,24)15-18)19(22)14-20-11-8-17(9-12-20)16-6-4-3-5-7-16/h3-8,18H,2,9-15H2,1H3. The number of hydrogen-bond acceptors (Lipinski definition) is 4. The second kappa shape index (κ2) is 7.70. The molecule has 0 aromatic heterocycles. The molecule has 1 fully saturated rings. The summed E-state index contributed by atoms with van der Waals surface area (Å²) in [6.07, 6.45) is 3.70. The third kappa shape index (κ3) is 4.50. The summed E-state index contributed by atoms with van der Waals surface area (Å²) in [6.45, 7) is 4.47. The van der Waals surface area contributed by atoms with E-state index in [4.69, 9.17) is 0 Å². The van der Waals surface area contributed by atoms with Crippen LogP contribution in [0.15, 0.2) is 36.4 Å². The van der Waals surface area contributed by atoms with Gasteiger partial charge in [-0.05, 0) is 30.9 Å². The van der Waals surface area contributed by atoms with Gasteiger partial charge in [0.25, 0.3) is 0 Å². The highest BCUT2D eigenvalue weighted by Gasteiger charge is 2.34. The minimum absolute atomic E-state index is 0.0427. The summed E-state index contributed by atoms with van der Waals surface area (Å²) in [4.78, 5) is 16.6. The van der Waals surface area contributed by atoms with Crippen molar-refractivity contribution in [3.8, 4) is 0 Å². The van der Waals surface area contributed by atoms with Crippen molar-refractivity contribution < 1.29 is 13.2 Å². The Labute approximate surface area is 150 Å². The molecule has 1 aromatic rings. The Kier molecular flexibility index (Phi) is 5.59. The minimum Gasteiger partial charge on any atom is -0.338 e. The number of nitrogens with zero attached hydrogens (tertiary/aromatic N) is 2. The zero-order valence-corrected chi connectivity index (χ0v) is 15.5. The van der Waals surface area contributed by atoms with E-state index in [1.807, 2.05) is 25.1 Å². The summed E-state index contributed by atoms with van der Waals surface area (Å²) in [6, 6.07) is 10.2. The second-order valence-corrected chi connectivity index (χ2v) is 9.05. The van der Waals surface area contributed by atoms with E-state index in [2.05, 4.69) is 23.1 Å². The fourth-order valence-electron chi connectivity index (χ4n) is 3.71. The van der Waals surface area contributed by atoms with Gasteiger partial charge in [-0.1, -0.05) is 36.4 Å². The molecule has 0 spiro atoms. The zero-order valence-electron chi connectivity index (χ0n) is 14.7. The maximum Gasteiger partial charge on any atom is 0.237 e. The van der Waals surface area contributed by atoms with Gasteiger partial charge in [0, 0.05) is 25.7 Å². The van der Waals surface area contributed by atoms with Crippen LogP contribution in [0.2, 0.25) is 0 Å². The molecule has 0 N–H and O–H groups in total. The smallest absolute Gasteiger partial charge is 0.237 e. The Morgan fingerprint density at radius 1 is 1.28 bits per heavy atom. The predicted molar refractivity (Wildman–Crippen MR) is 99.9 cm³/mol. The fraction of sp³-hybridized carbons (Fsp3) is 0.526. The molecule has 1 aromatic carbocycles. The Morgan fingerprint density at radius 3 is 2.60 bits per heavy atom. The first kappa shape index (κ1) is 18.1. The van der Waals surface area contributed by atoms with Crippen LogP contribution in [-0.4, -0.2) is 67.9 Å². The molecule has 0 saturated carbocycles. The molecule has 25 heavy (non-hydrogen) atoms. The molecule has 0 bridgehead atoms. The predicted octanol–water partition coefficient (Wildman–Crippen LogP) is 1.81. The van der Waals surface area contributed by atoms with Gasteiger partial charge in [-0.25, -0.2) is 8.42 Å². The highest BCUT2D eigenvalue weighted by molar-refractivity contribution is 7.91. The van der Waals surface area contributed by atoms with Gasteiger partial charge in [0.1, 0.15) is 0 Å². The molecule has 2 aliphatic rings. The van der Waals surface area contributed by atoms with Crippen molar-refractivity contribution in [2.45, 2.75) is 25.8 Å². The van der Waals surface area contributed by atoms with Gasteiger partial charge in [0.2, 0.25) is 5.91 Å². The van der Waals surface area contributed by atoms with Gasteiger partial charge < -0.3 is 4.90 Å². The zero-order chi connectivity index (χ0) is 17.9. The van der Waals surface area contributed by atoms with E-state index in [0.717, 1.165) is 19.5 Å².